The maximum Gasteiger partial charge on any atom is 0.288 e. The van der Waals surface area contributed by atoms with E-state index in [1.807, 2.05) is 18.2 Å². The highest BCUT2D eigenvalue weighted by Crippen LogP contribution is 2.34. The summed E-state index contributed by atoms with van der Waals surface area (Å²) in [5.74, 6) is -0.295. The van der Waals surface area contributed by atoms with Gasteiger partial charge in [-0.25, -0.2) is 0 Å². The van der Waals surface area contributed by atoms with E-state index in [1.165, 1.54) is 0 Å². The zero-order valence-electron chi connectivity index (χ0n) is 19.0. The highest BCUT2D eigenvalue weighted by atomic mass is 35.5. The van der Waals surface area contributed by atoms with Gasteiger partial charge in [0, 0.05) is 17.5 Å². The molecule has 0 radical (unpaired) electrons. The van der Waals surface area contributed by atoms with Crippen molar-refractivity contribution in [2.45, 2.75) is 37.8 Å². The Labute approximate surface area is 204 Å². The number of ketones is 1. The number of fused-ring (bicyclic) bond motifs is 2. The second-order valence-electron chi connectivity index (χ2n) is 9.32. The summed E-state index contributed by atoms with van der Waals surface area (Å²) >= 11 is 6.09. The summed E-state index contributed by atoms with van der Waals surface area (Å²) in [6.07, 6.45) is 2.21. The molecule has 2 aromatic carbocycles. The maximum absolute atomic E-state index is 13.0. The van der Waals surface area contributed by atoms with Gasteiger partial charge in [-0.15, -0.1) is 0 Å². The van der Waals surface area contributed by atoms with E-state index in [4.69, 9.17) is 21.1 Å². The molecule has 1 amide bonds. The van der Waals surface area contributed by atoms with Crippen LogP contribution in [0.3, 0.4) is 0 Å². The number of hydrogen-bond donors (Lipinski definition) is 2. The van der Waals surface area contributed by atoms with Crippen LogP contribution in [-0.4, -0.2) is 60.6 Å². The van der Waals surface area contributed by atoms with Gasteiger partial charge in [-0.3, -0.25) is 9.59 Å². The Morgan fingerprint density at radius 3 is 2.56 bits per heavy atom. The van der Waals surface area contributed by atoms with E-state index < -0.39 is 29.8 Å². The lowest BCUT2D eigenvalue weighted by Crippen LogP contribution is -2.49. The molecule has 8 heteroatoms. The normalized spacial score (nSPS) is 21.1. The number of halogens is 1. The Hall–Kier alpha value is -2.61. The van der Waals surface area contributed by atoms with Crippen LogP contribution in [0.1, 0.15) is 35.6 Å². The molecule has 1 unspecified atom stereocenters. The molecule has 2 heterocycles. The molecule has 2 N–H and O–H groups in total. The van der Waals surface area contributed by atoms with Gasteiger partial charge in [0.2, 0.25) is 5.78 Å². The molecule has 1 aliphatic carbocycles. The third-order valence-electron chi connectivity index (χ3n) is 6.95. The van der Waals surface area contributed by atoms with E-state index >= 15 is 0 Å². The predicted octanol–water partition coefficient (Wildman–Crippen LogP) is 2.71. The number of carbonyl (C=O) groups excluding carboxylic acids is 2. The predicted molar refractivity (Wildman–Crippen MR) is 127 cm³/mol. The molecule has 3 aliphatic rings. The van der Waals surface area contributed by atoms with Crippen LogP contribution in [0.4, 0.5) is 0 Å². The number of likely N-dealkylation sites (tertiary alicyclic amines) is 1. The standard InChI is InChI=1S/C26H29ClN2O5/c27-20-5-3-16-11-19(12-18(16)13-20)25(31)26(32)28-21(15-29-7-1-2-8-29)24(30)17-4-6-22-23(14-17)34-10-9-33-22/h3-6,13-14,19,21,24,30H,1-2,7-12,15H2,(H,28,32)/t19?,21-,24-/m1/s1. The van der Waals surface area contributed by atoms with E-state index in [-0.39, 0.29) is 0 Å². The van der Waals surface area contributed by atoms with Crippen molar-refractivity contribution < 1.29 is 24.2 Å². The quantitative estimate of drug-likeness (QED) is 0.587. The number of ether oxygens (including phenoxy) is 2. The number of nitrogens with zero attached hydrogens (tertiary/aromatic N) is 1. The summed E-state index contributed by atoms with van der Waals surface area (Å²) in [4.78, 5) is 28.3. The summed E-state index contributed by atoms with van der Waals surface area (Å²) in [6.45, 7) is 3.22. The molecule has 3 atom stereocenters. The highest BCUT2D eigenvalue weighted by molar-refractivity contribution is 6.37. The fourth-order valence-electron chi connectivity index (χ4n) is 5.14. The fourth-order valence-corrected chi connectivity index (χ4v) is 5.34. The summed E-state index contributed by atoms with van der Waals surface area (Å²) in [7, 11) is 0. The summed E-state index contributed by atoms with van der Waals surface area (Å²) in [5, 5.41) is 14.7. The maximum atomic E-state index is 13.0. The van der Waals surface area contributed by atoms with Gasteiger partial charge in [0.15, 0.2) is 11.5 Å². The monoisotopic (exact) mass is 484 g/mol. The SMILES string of the molecule is O=C(N[C@H](CN1CCCC1)[C@H](O)c1ccc2c(c1)OCCO2)C(=O)C1Cc2ccc(Cl)cc2C1. The molecule has 2 aliphatic heterocycles. The molecule has 7 nitrogen and oxygen atoms in total. The lowest BCUT2D eigenvalue weighted by atomic mass is 9.98. The molecular weight excluding hydrogens is 456 g/mol. The molecule has 0 bridgehead atoms. The second kappa shape index (κ2) is 9.94. The van der Waals surface area contributed by atoms with Crippen molar-refractivity contribution in [1.82, 2.24) is 10.2 Å². The first kappa shape index (κ1) is 23.1. The Morgan fingerprint density at radius 2 is 1.76 bits per heavy atom. The molecule has 180 valence electrons. The number of hydrogen-bond acceptors (Lipinski definition) is 6. The smallest absolute Gasteiger partial charge is 0.288 e. The van der Waals surface area contributed by atoms with Crippen LogP contribution in [0.15, 0.2) is 36.4 Å². The zero-order chi connectivity index (χ0) is 23.7. The van der Waals surface area contributed by atoms with Crippen LogP contribution in [0, 0.1) is 5.92 Å². The summed E-state index contributed by atoms with van der Waals surface area (Å²) in [6, 6.07) is 10.3. The Kier molecular flexibility index (Phi) is 6.77. The lowest BCUT2D eigenvalue weighted by Gasteiger charge is -2.29. The van der Waals surface area contributed by atoms with Crippen molar-refractivity contribution in [3.8, 4) is 11.5 Å². The molecule has 5 rings (SSSR count). The van der Waals surface area contributed by atoms with E-state index in [2.05, 4.69) is 10.2 Å². The molecule has 1 saturated heterocycles. The minimum absolute atomic E-state index is 0.410. The molecule has 0 saturated carbocycles. The highest BCUT2D eigenvalue weighted by Gasteiger charge is 2.34. The van der Waals surface area contributed by atoms with Crippen LogP contribution in [0.25, 0.3) is 0 Å². The Bertz CT molecular complexity index is 1080. The number of rotatable bonds is 7. The summed E-state index contributed by atoms with van der Waals surface area (Å²) in [5.41, 5.74) is 2.69. The lowest BCUT2D eigenvalue weighted by molar-refractivity contribution is -0.141. The van der Waals surface area contributed by atoms with Gasteiger partial charge in [-0.2, -0.15) is 0 Å². The van der Waals surface area contributed by atoms with Gasteiger partial charge >= 0.3 is 0 Å². The van der Waals surface area contributed by atoms with E-state index in [0.29, 0.717) is 54.7 Å². The largest absolute Gasteiger partial charge is 0.486 e. The third kappa shape index (κ3) is 4.92. The van der Waals surface area contributed by atoms with Crippen molar-refractivity contribution in [3.05, 3.63) is 58.1 Å². The number of aliphatic hydroxyl groups excluding tert-OH is 1. The van der Waals surface area contributed by atoms with Crippen molar-refractivity contribution in [2.24, 2.45) is 5.92 Å². The van der Waals surface area contributed by atoms with Gasteiger partial charge in [0.05, 0.1) is 6.04 Å². The second-order valence-corrected chi connectivity index (χ2v) is 9.75. The number of Topliss-reactive ketones (excluding diaryl/α,β-unsaturated/α-hetero) is 1. The van der Waals surface area contributed by atoms with Crippen LogP contribution < -0.4 is 14.8 Å². The van der Waals surface area contributed by atoms with Gasteiger partial charge in [-0.05, 0) is 79.7 Å². The average Bonchev–Trinajstić information content (AvgIpc) is 3.51. The van der Waals surface area contributed by atoms with Gasteiger partial charge in [0.25, 0.3) is 5.91 Å². The van der Waals surface area contributed by atoms with Crippen LogP contribution in [-0.2, 0) is 22.4 Å². The van der Waals surface area contributed by atoms with Crippen molar-refractivity contribution in [1.29, 1.82) is 0 Å². The number of carbonyl (C=O) groups is 2. The molecule has 0 aromatic heterocycles. The number of nitrogens with one attached hydrogen (secondary N) is 1. The minimum atomic E-state index is -0.993. The van der Waals surface area contributed by atoms with Crippen LogP contribution in [0.2, 0.25) is 5.02 Å². The Morgan fingerprint density at radius 1 is 1.03 bits per heavy atom. The summed E-state index contributed by atoms with van der Waals surface area (Å²) < 4.78 is 11.2. The fraction of sp³-hybridized carbons (Fsp3) is 0.462. The van der Waals surface area contributed by atoms with Crippen molar-refractivity contribution >= 4 is 23.3 Å². The molecule has 2 aromatic rings. The first-order chi connectivity index (χ1) is 16.5. The van der Waals surface area contributed by atoms with E-state index in [1.54, 1.807) is 18.2 Å². The number of amides is 1. The van der Waals surface area contributed by atoms with Crippen molar-refractivity contribution in [2.75, 3.05) is 32.8 Å². The Balaban J connectivity index is 1.30. The van der Waals surface area contributed by atoms with Crippen LogP contribution in [0.5, 0.6) is 11.5 Å². The zero-order valence-corrected chi connectivity index (χ0v) is 19.7. The van der Waals surface area contributed by atoms with E-state index in [0.717, 1.165) is 37.1 Å². The minimum Gasteiger partial charge on any atom is -0.486 e. The van der Waals surface area contributed by atoms with Crippen molar-refractivity contribution in [3.63, 3.8) is 0 Å². The van der Waals surface area contributed by atoms with Gasteiger partial charge in [-0.1, -0.05) is 23.7 Å². The molecule has 1 fully saturated rings. The average molecular weight is 485 g/mol. The topological polar surface area (TPSA) is 88.1 Å². The molecule has 0 spiro atoms. The van der Waals surface area contributed by atoms with E-state index in [9.17, 15) is 14.7 Å². The number of benzene rings is 2. The van der Waals surface area contributed by atoms with Gasteiger partial charge in [0.1, 0.15) is 19.3 Å². The number of aliphatic hydroxyl groups is 1. The van der Waals surface area contributed by atoms with Crippen LogP contribution >= 0.6 is 11.6 Å². The molecular formula is C26H29ClN2O5. The first-order valence-electron chi connectivity index (χ1n) is 11.9. The third-order valence-corrected chi connectivity index (χ3v) is 7.19. The van der Waals surface area contributed by atoms with Gasteiger partial charge < -0.3 is 24.8 Å². The molecule has 34 heavy (non-hydrogen) atoms. The first-order valence-corrected chi connectivity index (χ1v) is 12.3.